The van der Waals surface area contributed by atoms with Crippen LogP contribution in [0.3, 0.4) is 0 Å². The van der Waals surface area contributed by atoms with Gasteiger partial charge in [-0.2, -0.15) is 0 Å². The molecular formula is C30H32N4O3S3. The number of hydrogen-bond donors (Lipinski definition) is 2. The van der Waals surface area contributed by atoms with E-state index in [-0.39, 0.29) is 12.5 Å². The Balaban J connectivity index is 1.24. The van der Waals surface area contributed by atoms with Gasteiger partial charge in [-0.25, -0.2) is 14.8 Å². The molecule has 7 nitrogen and oxygen atoms in total. The topological polar surface area (TPSA) is 93.2 Å². The second-order valence-electron chi connectivity index (χ2n) is 8.93. The molecule has 0 saturated carbocycles. The Morgan fingerprint density at radius 1 is 0.900 bits per heavy atom. The highest BCUT2D eigenvalue weighted by molar-refractivity contribution is 8.76. The summed E-state index contributed by atoms with van der Waals surface area (Å²) in [6.07, 6.45) is 5.61. The number of aromatic nitrogens is 2. The maximum Gasteiger partial charge on any atom is 0.408 e. The van der Waals surface area contributed by atoms with Crippen molar-refractivity contribution in [3.63, 3.8) is 0 Å². The summed E-state index contributed by atoms with van der Waals surface area (Å²) in [5, 5.41) is 9.07. The molecule has 0 aliphatic rings. The lowest BCUT2D eigenvalue weighted by molar-refractivity contribution is -0.118. The van der Waals surface area contributed by atoms with E-state index in [1.165, 1.54) is 11.3 Å². The van der Waals surface area contributed by atoms with Gasteiger partial charge in [-0.15, -0.1) is 11.3 Å². The van der Waals surface area contributed by atoms with Crippen molar-refractivity contribution in [3.05, 3.63) is 96.0 Å². The molecule has 2 aromatic heterocycles. The van der Waals surface area contributed by atoms with Gasteiger partial charge in [0.1, 0.15) is 17.7 Å². The number of amides is 2. The summed E-state index contributed by atoms with van der Waals surface area (Å²) >= 11 is 1.36. The molecule has 2 N–H and O–H groups in total. The van der Waals surface area contributed by atoms with Crippen LogP contribution in [-0.4, -0.2) is 33.8 Å². The van der Waals surface area contributed by atoms with Crippen LogP contribution < -0.4 is 10.6 Å². The Hall–Kier alpha value is -3.34. The average Bonchev–Trinajstić information content (AvgIpc) is 3.46. The number of benzene rings is 2. The highest BCUT2D eigenvalue weighted by Crippen LogP contribution is 2.30. The molecule has 0 spiro atoms. The molecule has 10 heteroatoms. The first kappa shape index (κ1) is 29.6. The summed E-state index contributed by atoms with van der Waals surface area (Å²) in [6.45, 7) is 0.141. The fraction of sp³-hybridized carbons (Fsp3) is 0.267. The van der Waals surface area contributed by atoms with Gasteiger partial charge in [0.2, 0.25) is 5.91 Å². The second kappa shape index (κ2) is 16.7. The molecule has 2 amide bonds. The van der Waals surface area contributed by atoms with E-state index in [9.17, 15) is 9.59 Å². The lowest BCUT2D eigenvalue weighted by Gasteiger charge is -2.17. The fourth-order valence-electron chi connectivity index (χ4n) is 3.80. The summed E-state index contributed by atoms with van der Waals surface area (Å²) in [7, 11) is 3.49. The minimum absolute atomic E-state index is 0.141. The molecule has 0 radical (unpaired) electrons. The molecule has 0 unspecified atom stereocenters. The molecule has 0 fully saturated rings. The molecule has 0 aliphatic carbocycles. The number of rotatable bonds is 15. The molecule has 0 saturated heterocycles. The number of pyridine rings is 1. The largest absolute Gasteiger partial charge is 0.445 e. The van der Waals surface area contributed by atoms with Gasteiger partial charge in [-0.05, 0) is 41.3 Å². The molecule has 1 atom stereocenters. The maximum absolute atomic E-state index is 13.2. The van der Waals surface area contributed by atoms with Crippen molar-refractivity contribution in [2.24, 2.45) is 0 Å². The quantitative estimate of drug-likeness (QED) is 0.107. The van der Waals surface area contributed by atoms with Gasteiger partial charge in [-0.3, -0.25) is 4.79 Å². The lowest BCUT2D eigenvalue weighted by atomic mass is 10.1. The van der Waals surface area contributed by atoms with Crippen LogP contribution in [-0.2, 0) is 16.1 Å². The van der Waals surface area contributed by atoms with E-state index in [1.54, 1.807) is 27.8 Å². The van der Waals surface area contributed by atoms with E-state index in [0.29, 0.717) is 11.6 Å². The number of thiazole rings is 1. The maximum atomic E-state index is 13.2. The molecule has 2 aromatic carbocycles. The number of nitrogens with one attached hydrogen (secondary N) is 2. The number of hydrogen-bond acceptors (Lipinski definition) is 8. The molecule has 4 aromatic rings. The van der Waals surface area contributed by atoms with Gasteiger partial charge in [0.05, 0.1) is 5.69 Å². The lowest BCUT2D eigenvalue weighted by Crippen LogP contribution is -2.44. The fourth-order valence-corrected chi connectivity index (χ4v) is 6.55. The summed E-state index contributed by atoms with van der Waals surface area (Å²) in [5.41, 5.74) is 2.66. The van der Waals surface area contributed by atoms with Gasteiger partial charge in [0.25, 0.3) is 0 Å². The Morgan fingerprint density at radius 2 is 1.65 bits per heavy atom. The summed E-state index contributed by atoms with van der Waals surface area (Å²) in [4.78, 5) is 34.6. The van der Waals surface area contributed by atoms with E-state index in [2.05, 4.69) is 20.6 Å². The van der Waals surface area contributed by atoms with Crippen molar-refractivity contribution in [2.45, 2.75) is 49.8 Å². The number of nitrogens with zero attached hydrogens (tertiary/aromatic N) is 2. The predicted molar refractivity (Wildman–Crippen MR) is 165 cm³/mol. The minimum atomic E-state index is -0.721. The third kappa shape index (κ3) is 10.3. The molecule has 4 rings (SSSR count). The van der Waals surface area contributed by atoms with E-state index in [1.807, 2.05) is 84.2 Å². The van der Waals surface area contributed by atoms with Crippen LogP contribution in [0.1, 0.15) is 37.7 Å². The van der Waals surface area contributed by atoms with E-state index in [4.69, 9.17) is 4.74 Å². The van der Waals surface area contributed by atoms with Crippen molar-refractivity contribution >= 4 is 50.1 Å². The second-order valence-corrected chi connectivity index (χ2v) is 12.2. The number of ether oxygens (including phenoxy) is 1. The molecule has 40 heavy (non-hydrogen) atoms. The van der Waals surface area contributed by atoms with E-state index < -0.39 is 12.1 Å². The zero-order valence-electron chi connectivity index (χ0n) is 22.0. The van der Waals surface area contributed by atoms with E-state index in [0.717, 1.165) is 53.3 Å². The predicted octanol–water partition coefficient (Wildman–Crippen LogP) is 7.83. The molecule has 0 bridgehead atoms. The van der Waals surface area contributed by atoms with Crippen LogP contribution in [0.4, 0.5) is 9.93 Å². The van der Waals surface area contributed by atoms with Crippen molar-refractivity contribution in [2.75, 3.05) is 11.1 Å². The minimum Gasteiger partial charge on any atom is -0.445 e. The van der Waals surface area contributed by atoms with E-state index >= 15 is 0 Å². The van der Waals surface area contributed by atoms with Crippen molar-refractivity contribution in [3.8, 4) is 11.3 Å². The van der Waals surface area contributed by atoms with Crippen molar-refractivity contribution in [1.29, 1.82) is 0 Å². The van der Waals surface area contributed by atoms with Crippen LogP contribution in [0, 0.1) is 0 Å². The smallest absolute Gasteiger partial charge is 0.408 e. The highest BCUT2D eigenvalue weighted by Gasteiger charge is 2.22. The third-order valence-corrected chi connectivity index (χ3v) is 8.99. The van der Waals surface area contributed by atoms with Crippen LogP contribution in [0.5, 0.6) is 0 Å². The molecule has 0 aliphatic heterocycles. The van der Waals surface area contributed by atoms with Gasteiger partial charge >= 0.3 is 6.09 Å². The average molecular weight is 593 g/mol. The Labute approximate surface area is 247 Å². The van der Waals surface area contributed by atoms with Gasteiger partial charge in [-0.1, -0.05) is 96.8 Å². The zero-order chi connectivity index (χ0) is 27.8. The molecular weight excluding hydrogens is 561 g/mol. The number of carbonyl (C=O) groups excluding carboxylic acids is 2. The third-order valence-electron chi connectivity index (χ3n) is 5.88. The van der Waals surface area contributed by atoms with Crippen LogP contribution >= 0.6 is 32.9 Å². The van der Waals surface area contributed by atoms with Crippen molar-refractivity contribution in [1.82, 2.24) is 15.3 Å². The number of carbonyl (C=O) groups is 2. The van der Waals surface area contributed by atoms with Gasteiger partial charge in [0.15, 0.2) is 5.13 Å². The normalized spacial score (nSPS) is 11.5. The number of unbranched alkanes of at least 4 members (excludes halogenated alkanes) is 3. The van der Waals surface area contributed by atoms with Gasteiger partial charge < -0.3 is 15.4 Å². The van der Waals surface area contributed by atoms with Crippen LogP contribution in [0.2, 0.25) is 0 Å². The Kier molecular flexibility index (Phi) is 12.4. The Bertz CT molecular complexity index is 1310. The SMILES string of the molecule is O=C(N[C@@H](CCCCCCSSc1ccccn1)C(=O)Nc1nc(-c2ccccc2)cs1)OCc1ccccc1. The number of alkyl carbamates (subject to hydrolysis) is 1. The first-order valence-corrected chi connectivity index (χ1v) is 16.4. The first-order chi connectivity index (χ1) is 19.7. The highest BCUT2D eigenvalue weighted by atomic mass is 33.1. The van der Waals surface area contributed by atoms with Crippen LogP contribution in [0.15, 0.2) is 95.5 Å². The summed E-state index contributed by atoms with van der Waals surface area (Å²) < 4.78 is 5.38. The van der Waals surface area contributed by atoms with Gasteiger partial charge in [0, 0.05) is 22.9 Å². The summed E-state index contributed by atoms with van der Waals surface area (Å²) in [5.74, 6) is 0.733. The molecule has 2 heterocycles. The zero-order valence-corrected chi connectivity index (χ0v) is 24.5. The number of anilines is 1. The Morgan fingerprint density at radius 3 is 2.42 bits per heavy atom. The van der Waals surface area contributed by atoms with Crippen molar-refractivity contribution < 1.29 is 14.3 Å². The standard InChI is InChI=1S/C30H32N4O3S3/c35-28(34-29-32-26(22-38-29)24-15-7-4-8-16-24)25(33-30(36)37-21-23-13-5-3-6-14-23)17-9-1-2-12-20-39-40-27-18-10-11-19-31-27/h3-8,10-11,13-16,18-19,22,25H,1-2,9,12,17,20-21H2,(H,33,36)(H,32,34,35)/t25-/m0/s1. The first-order valence-electron chi connectivity index (χ1n) is 13.2. The summed E-state index contributed by atoms with van der Waals surface area (Å²) in [6, 6.07) is 24.5. The molecule has 208 valence electrons. The van der Waals surface area contributed by atoms with Crippen LogP contribution in [0.25, 0.3) is 11.3 Å². The monoisotopic (exact) mass is 592 g/mol.